The number of nitrogen functional groups attached to an aromatic ring is 1. The van der Waals surface area contributed by atoms with Crippen LogP contribution >= 0.6 is 0 Å². The van der Waals surface area contributed by atoms with Crippen molar-refractivity contribution in [2.45, 2.75) is 59.1 Å². The first-order valence-corrected chi connectivity index (χ1v) is 7.96. The molecule has 1 aromatic rings. The van der Waals surface area contributed by atoms with Crippen LogP contribution in [-0.4, -0.2) is 28.8 Å². The van der Waals surface area contributed by atoms with Crippen molar-refractivity contribution in [2.75, 3.05) is 5.73 Å². The fourth-order valence-corrected chi connectivity index (χ4v) is 2.29. The maximum Gasteiger partial charge on any atom is 0.407 e. The highest BCUT2D eigenvalue weighted by molar-refractivity contribution is 5.74. The third-order valence-corrected chi connectivity index (χ3v) is 3.52. The second-order valence-corrected chi connectivity index (χ2v) is 7.68. The van der Waals surface area contributed by atoms with Gasteiger partial charge in [0, 0.05) is 11.7 Å². The van der Waals surface area contributed by atoms with E-state index < -0.39 is 23.1 Å². The van der Waals surface area contributed by atoms with E-state index in [1.807, 2.05) is 12.1 Å². The lowest BCUT2D eigenvalue weighted by atomic mass is 9.84. The van der Waals surface area contributed by atoms with Crippen molar-refractivity contribution < 1.29 is 19.4 Å². The third-order valence-electron chi connectivity index (χ3n) is 3.52. The predicted molar refractivity (Wildman–Crippen MR) is 93.7 cm³/mol. The zero-order valence-corrected chi connectivity index (χ0v) is 15.1. The molecule has 1 amide bonds. The molecule has 0 heterocycles. The average molecular weight is 336 g/mol. The smallest absolute Gasteiger partial charge is 0.407 e. The van der Waals surface area contributed by atoms with E-state index in [2.05, 4.69) is 5.32 Å². The van der Waals surface area contributed by atoms with Crippen molar-refractivity contribution in [3.05, 3.63) is 29.8 Å². The highest BCUT2D eigenvalue weighted by Crippen LogP contribution is 2.25. The lowest BCUT2D eigenvalue weighted by molar-refractivity contribution is -0.147. The molecular weight excluding hydrogens is 308 g/mol. The minimum atomic E-state index is -0.965. The van der Waals surface area contributed by atoms with Gasteiger partial charge in [0.1, 0.15) is 5.60 Å². The maximum atomic E-state index is 12.1. The Morgan fingerprint density at radius 1 is 1.17 bits per heavy atom. The molecule has 6 heteroatoms. The highest BCUT2D eigenvalue weighted by Gasteiger charge is 2.32. The van der Waals surface area contributed by atoms with Gasteiger partial charge in [-0.3, -0.25) is 4.79 Å². The summed E-state index contributed by atoms with van der Waals surface area (Å²) in [5, 5.41) is 12.1. The molecule has 1 rings (SSSR count). The Morgan fingerprint density at radius 2 is 1.71 bits per heavy atom. The minimum absolute atomic E-state index is 0.284. The second kappa shape index (κ2) is 7.55. The topological polar surface area (TPSA) is 102 Å². The molecule has 1 aromatic carbocycles. The summed E-state index contributed by atoms with van der Waals surface area (Å²) in [6.45, 7) is 8.62. The summed E-state index contributed by atoms with van der Waals surface area (Å²) in [4.78, 5) is 23.5. The summed E-state index contributed by atoms with van der Waals surface area (Å²) < 4.78 is 5.28. The van der Waals surface area contributed by atoms with Gasteiger partial charge in [0.25, 0.3) is 0 Å². The van der Waals surface area contributed by atoms with Gasteiger partial charge in [0.05, 0.1) is 5.41 Å². The first-order chi connectivity index (χ1) is 10.9. The van der Waals surface area contributed by atoms with Crippen LogP contribution in [0.2, 0.25) is 0 Å². The van der Waals surface area contributed by atoms with Crippen LogP contribution in [0.3, 0.4) is 0 Å². The number of nitrogens with one attached hydrogen (secondary N) is 1. The molecule has 0 radical (unpaired) electrons. The lowest BCUT2D eigenvalue weighted by Crippen LogP contribution is -2.43. The maximum absolute atomic E-state index is 12.1. The first kappa shape index (κ1) is 19.8. The summed E-state index contributed by atoms with van der Waals surface area (Å²) in [7, 11) is 0. The van der Waals surface area contributed by atoms with E-state index in [0.29, 0.717) is 12.1 Å². The quantitative estimate of drug-likeness (QED) is 0.692. The fraction of sp³-hybridized carbons (Fsp3) is 0.556. The van der Waals surface area contributed by atoms with E-state index in [-0.39, 0.29) is 12.5 Å². The van der Waals surface area contributed by atoms with Gasteiger partial charge in [0.15, 0.2) is 0 Å². The third kappa shape index (κ3) is 6.89. The number of carboxylic acids is 1. The predicted octanol–water partition coefficient (Wildman–Crippen LogP) is 3.21. The number of carboxylic acid groups (broad SMARTS) is 1. The van der Waals surface area contributed by atoms with Gasteiger partial charge in [-0.2, -0.15) is 0 Å². The van der Waals surface area contributed by atoms with E-state index in [4.69, 9.17) is 10.5 Å². The average Bonchev–Trinajstić information content (AvgIpc) is 2.38. The number of nitrogens with two attached hydrogens (primary N) is 1. The number of carbonyl (C=O) groups is 2. The molecule has 0 unspecified atom stereocenters. The van der Waals surface area contributed by atoms with Crippen molar-refractivity contribution in [3.63, 3.8) is 0 Å². The standard InChI is InChI=1S/C18H28N2O4/c1-17(2,3)24-16(23)20-14(11-18(4,5)15(21)22)10-12-6-8-13(19)9-7-12/h6-9,14H,10-11,19H2,1-5H3,(H,20,23)(H,21,22)/t14-/m0/s1. The molecule has 4 N–H and O–H groups in total. The van der Waals surface area contributed by atoms with E-state index in [1.165, 1.54) is 0 Å². The van der Waals surface area contributed by atoms with Crippen LogP contribution < -0.4 is 11.1 Å². The Labute approximate surface area is 143 Å². The molecule has 0 fully saturated rings. The SMILES string of the molecule is CC(C)(C)OC(=O)N[C@@H](Cc1ccc(N)cc1)CC(C)(C)C(=O)O. The lowest BCUT2D eigenvalue weighted by Gasteiger charge is -2.28. The van der Waals surface area contributed by atoms with Gasteiger partial charge in [-0.05, 0) is 65.2 Å². The van der Waals surface area contributed by atoms with Gasteiger partial charge < -0.3 is 20.9 Å². The number of alkyl carbamates (subject to hydrolysis) is 1. The van der Waals surface area contributed by atoms with Crippen molar-refractivity contribution in [3.8, 4) is 0 Å². The summed E-state index contributed by atoms with van der Waals surface area (Å²) in [5.74, 6) is -0.907. The first-order valence-electron chi connectivity index (χ1n) is 7.96. The molecule has 0 aliphatic carbocycles. The molecule has 0 aromatic heterocycles. The van der Waals surface area contributed by atoms with E-state index in [1.54, 1.807) is 46.8 Å². The van der Waals surface area contributed by atoms with E-state index in [0.717, 1.165) is 5.56 Å². The minimum Gasteiger partial charge on any atom is -0.481 e. The number of anilines is 1. The Hall–Kier alpha value is -2.24. The van der Waals surface area contributed by atoms with Crippen LogP contribution in [0.15, 0.2) is 24.3 Å². The highest BCUT2D eigenvalue weighted by atomic mass is 16.6. The zero-order chi connectivity index (χ0) is 18.5. The number of rotatable bonds is 6. The molecule has 0 saturated carbocycles. The second-order valence-electron chi connectivity index (χ2n) is 7.68. The van der Waals surface area contributed by atoms with Crippen molar-refractivity contribution in [2.24, 2.45) is 5.41 Å². The molecule has 1 atom stereocenters. The molecule has 0 aliphatic rings. The molecule has 0 aliphatic heterocycles. The van der Waals surface area contributed by atoms with Crippen LogP contribution in [0.25, 0.3) is 0 Å². The number of hydrogen-bond acceptors (Lipinski definition) is 4. The fourth-order valence-electron chi connectivity index (χ4n) is 2.29. The normalized spacial score (nSPS) is 13.2. The summed E-state index contributed by atoms with van der Waals surface area (Å²) >= 11 is 0. The number of ether oxygens (including phenoxy) is 1. The molecule has 6 nitrogen and oxygen atoms in total. The van der Waals surface area contributed by atoms with E-state index in [9.17, 15) is 14.7 Å². The summed E-state index contributed by atoms with van der Waals surface area (Å²) in [6.07, 6.45) is 0.228. The Morgan fingerprint density at radius 3 is 2.17 bits per heavy atom. The van der Waals surface area contributed by atoms with Crippen LogP contribution in [0.4, 0.5) is 10.5 Å². The molecule has 24 heavy (non-hydrogen) atoms. The van der Waals surface area contributed by atoms with Crippen molar-refractivity contribution in [1.82, 2.24) is 5.32 Å². The number of aliphatic carboxylic acids is 1. The number of amides is 1. The Balaban J connectivity index is 2.88. The number of benzene rings is 1. The van der Waals surface area contributed by atoms with Crippen LogP contribution in [0, 0.1) is 5.41 Å². The van der Waals surface area contributed by atoms with Crippen LogP contribution in [0.1, 0.15) is 46.6 Å². The van der Waals surface area contributed by atoms with Crippen molar-refractivity contribution in [1.29, 1.82) is 0 Å². The Bertz CT molecular complexity index is 574. The number of carbonyl (C=O) groups excluding carboxylic acids is 1. The van der Waals surface area contributed by atoms with Gasteiger partial charge in [-0.25, -0.2) is 4.79 Å². The van der Waals surface area contributed by atoms with Gasteiger partial charge in [0.2, 0.25) is 0 Å². The summed E-state index contributed by atoms with van der Waals surface area (Å²) in [6, 6.07) is 6.93. The monoisotopic (exact) mass is 336 g/mol. The zero-order valence-electron chi connectivity index (χ0n) is 15.1. The van der Waals surface area contributed by atoms with Crippen LogP contribution in [-0.2, 0) is 16.0 Å². The van der Waals surface area contributed by atoms with Crippen LogP contribution in [0.5, 0.6) is 0 Å². The largest absolute Gasteiger partial charge is 0.481 e. The molecule has 0 saturated heterocycles. The van der Waals surface area contributed by atoms with E-state index >= 15 is 0 Å². The summed E-state index contributed by atoms with van der Waals surface area (Å²) in [5.41, 5.74) is 5.72. The Kier molecular flexibility index (Phi) is 6.23. The van der Waals surface area contributed by atoms with Gasteiger partial charge >= 0.3 is 12.1 Å². The number of hydrogen-bond donors (Lipinski definition) is 3. The molecular formula is C18H28N2O4. The van der Waals surface area contributed by atoms with Gasteiger partial charge in [-0.1, -0.05) is 12.1 Å². The molecule has 0 bridgehead atoms. The molecule has 0 spiro atoms. The molecule has 134 valence electrons. The van der Waals surface area contributed by atoms with Crippen molar-refractivity contribution >= 4 is 17.7 Å². The van der Waals surface area contributed by atoms with Gasteiger partial charge in [-0.15, -0.1) is 0 Å².